The predicted octanol–water partition coefficient (Wildman–Crippen LogP) is 1.39. The van der Waals surface area contributed by atoms with Gasteiger partial charge in [0, 0.05) is 30.1 Å². The Hall–Kier alpha value is -2.23. The fourth-order valence-corrected chi connectivity index (χ4v) is 1.96. The van der Waals surface area contributed by atoms with Gasteiger partial charge in [0.2, 0.25) is 0 Å². The summed E-state index contributed by atoms with van der Waals surface area (Å²) in [5.41, 5.74) is 3.75. The van der Waals surface area contributed by atoms with Crippen LogP contribution in [0.25, 0.3) is 11.1 Å². The van der Waals surface area contributed by atoms with E-state index >= 15 is 0 Å². The zero-order chi connectivity index (χ0) is 11.0. The maximum Gasteiger partial charge on any atom is 0.251 e. The molecule has 16 heavy (non-hydrogen) atoms. The molecule has 0 fully saturated rings. The molecule has 4 heteroatoms. The third-order valence-electron chi connectivity index (χ3n) is 2.72. The monoisotopic (exact) mass is 211 g/mol. The molecular formula is C12H9N3O. The van der Waals surface area contributed by atoms with Crippen molar-refractivity contribution in [3.8, 4) is 11.1 Å². The van der Waals surface area contributed by atoms with Crippen molar-refractivity contribution in [3.05, 3.63) is 48.0 Å². The Kier molecular flexibility index (Phi) is 1.93. The number of nitrogens with one attached hydrogen (secondary N) is 1. The molecule has 4 nitrogen and oxygen atoms in total. The highest BCUT2D eigenvalue weighted by Gasteiger charge is 2.21. The average Bonchev–Trinajstić information content (AvgIpc) is 2.73. The lowest BCUT2D eigenvalue weighted by Gasteiger charge is -2.05. The molecule has 2 heterocycles. The molecule has 0 spiro atoms. The summed E-state index contributed by atoms with van der Waals surface area (Å²) in [4.78, 5) is 19.5. The lowest BCUT2D eigenvalue weighted by molar-refractivity contribution is 0.0966. The van der Waals surface area contributed by atoms with E-state index < -0.39 is 0 Å². The second kappa shape index (κ2) is 3.41. The van der Waals surface area contributed by atoms with Gasteiger partial charge in [-0.3, -0.25) is 4.79 Å². The summed E-state index contributed by atoms with van der Waals surface area (Å²) >= 11 is 0. The van der Waals surface area contributed by atoms with Gasteiger partial charge in [-0.1, -0.05) is 12.1 Å². The number of hydrogen-bond acceptors (Lipinski definition) is 3. The molecule has 1 N–H and O–H groups in total. The molecule has 2 aromatic rings. The van der Waals surface area contributed by atoms with E-state index in [1.54, 1.807) is 12.4 Å². The number of amides is 1. The first-order valence-corrected chi connectivity index (χ1v) is 5.02. The molecule has 1 aliphatic rings. The fraction of sp³-hybridized carbons (Fsp3) is 0.0833. The zero-order valence-electron chi connectivity index (χ0n) is 8.47. The zero-order valence-corrected chi connectivity index (χ0v) is 8.47. The van der Waals surface area contributed by atoms with Gasteiger partial charge in [0.05, 0.1) is 0 Å². The highest BCUT2D eigenvalue weighted by Crippen LogP contribution is 2.27. The Labute approximate surface area is 92.4 Å². The van der Waals surface area contributed by atoms with Crippen molar-refractivity contribution < 1.29 is 4.79 Å². The van der Waals surface area contributed by atoms with E-state index in [9.17, 15) is 4.79 Å². The van der Waals surface area contributed by atoms with Crippen molar-refractivity contribution in [2.45, 2.75) is 6.54 Å². The second-order valence-electron chi connectivity index (χ2n) is 3.64. The molecule has 0 radical (unpaired) electrons. The second-order valence-corrected chi connectivity index (χ2v) is 3.64. The fourth-order valence-electron chi connectivity index (χ4n) is 1.96. The maximum absolute atomic E-state index is 11.5. The molecule has 0 atom stereocenters. The number of nitrogens with zero attached hydrogens (tertiary/aromatic N) is 2. The lowest BCUT2D eigenvalue weighted by Crippen LogP contribution is -2.12. The van der Waals surface area contributed by atoms with Crippen LogP contribution in [0.4, 0.5) is 0 Å². The largest absolute Gasteiger partial charge is 0.348 e. The normalized spacial score (nSPS) is 13.4. The summed E-state index contributed by atoms with van der Waals surface area (Å²) in [6, 6.07) is 5.70. The molecular weight excluding hydrogens is 202 g/mol. The van der Waals surface area contributed by atoms with Crippen LogP contribution in [-0.2, 0) is 6.54 Å². The van der Waals surface area contributed by atoms with Crippen LogP contribution < -0.4 is 5.32 Å². The summed E-state index contributed by atoms with van der Waals surface area (Å²) in [5.74, 6) is -0.00583. The average molecular weight is 211 g/mol. The van der Waals surface area contributed by atoms with Crippen molar-refractivity contribution in [3.63, 3.8) is 0 Å². The van der Waals surface area contributed by atoms with Gasteiger partial charge in [-0.05, 0) is 17.2 Å². The Morgan fingerprint density at radius 3 is 2.69 bits per heavy atom. The van der Waals surface area contributed by atoms with Crippen molar-refractivity contribution in [1.82, 2.24) is 15.3 Å². The smallest absolute Gasteiger partial charge is 0.251 e. The number of rotatable bonds is 1. The number of aromatic nitrogens is 2. The number of carbonyl (C=O) groups excluding carboxylic acids is 1. The van der Waals surface area contributed by atoms with Crippen LogP contribution >= 0.6 is 0 Å². The van der Waals surface area contributed by atoms with E-state index in [4.69, 9.17) is 0 Å². The molecule has 1 aliphatic heterocycles. The van der Waals surface area contributed by atoms with Crippen LogP contribution in [0.1, 0.15) is 15.9 Å². The Morgan fingerprint density at radius 2 is 1.88 bits per heavy atom. The highest BCUT2D eigenvalue weighted by molar-refractivity contribution is 6.00. The minimum absolute atomic E-state index is 0.00583. The summed E-state index contributed by atoms with van der Waals surface area (Å²) in [6.07, 6.45) is 5.01. The Morgan fingerprint density at radius 1 is 1.12 bits per heavy atom. The topological polar surface area (TPSA) is 54.9 Å². The molecule has 0 aliphatic carbocycles. The lowest BCUT2D eigenvalue weighted by atomic mass is 9.99. The van der Waals surface area contributed by atoms with E-state index in [1.165, 1.54) is 6.33 Å². The molecule has 0 saturated heterocycles. The number of carbonyl (C=O) groups is 1. The van der Waals surface area contributed by atoms with Gasteiger partial charge in [-0.25, -0.2) is 9.97 Å². The Bertz CT molecular complexity index is 551. The van der Waals surface area contributed by atoms with Crippen LogP contribution in [0.3, 0.4) is 0 Å². The molecule has 1 aromatic carbocycles. The molecule has 78 valence electrons. The van der Waals surface area contributed by atoms with Gasteiger partial charge >= 0.3 is 0 Å². The van der Waals surface area contributed by atoms with Crippen LogP contribution in [0.5, 0.6) is 0 Å². The van der Waals surface area contributed by atoms with Gasteiger partial charge < -0.3 is 5.32 Å². The van der Waals surface area contributed by atoms with E-state index in [-0.39, 0.29) is 5.91 Å². The first-order chi connectivity index (χ1) is 7.86. The van der Waals surface area contributed by atoms with Crippen LogP contribution in [-0.4, -0.2) is 15.9 Å². The standard InChI is InChI=1S/C12H9N3O/c16-12-10-3-1-2-9(11(10)6-15-12)8-4-13-7-14-5-8/h1-5,7H,6H2,(H,15,16). The number of benzene rings is 1. The number of fused-ring (bicyclic) bond motifs is 1. The van der Waals surface area contributed by atoms with Crippen LogP contribution in [0.15, 0.2) is 36.9 Å². The molecule has 0 bridgehead atoms. The summed E-state index contributed by atoms with van der Waals surface area (Å²) in [5, 5.41) is 2.82. The van der Waals surface area contributed by atoms with Crippen molar-refractivity contribution in [2.75, 3.05) is 0 Å². The van der Waals surface area contributed by atoms with E-state index in [1.807, 2.05) is 18.2 Å². The predicted molar refractivity (Wildman–Crippen MR) is 58.6 cm³/mol. The minimum Gasteiger partial charge on any atom is -0.348 e. The van der Waals surface area contributed by atoms with Gasteiger partial charge in [-0.15, -0.1) is 0 Å². The van der Waals surface area contributed by atoms with Gasteiger partial charge in [0.15, 0.2) is 0 Å². The quantitative estimate of drug-likeness (QED) is 0.775. The highest BCUT2D eigenvalue weighted by atomic mass is 16.1. The van der Waals surface area contributed by atoms with Gasteiger partial charge in [0.1, 0.15) is 6.33 Å². The summed E-state index contributed by atoms with van der Waals surface area (Å²) in [7, 11) is 0. The van der Waals surface area contributed by atoms with Crippen molar-refractivity contribution in [1.29, 1.82) is 0 Å². The van der Waals surface area contributed by atoms with Crippen molar-refractivity contribution >= 4 is 5.91 Å². The molecule has 0 unspecified atom stereocenters. The molecule has 3 rings (SSSR count). The van der Waals surface area contributed by atoms with E-state index in [0.29, 0.717) is 6.54 Å². The third-order valence-corrected chi connectivity index (χ3v) is 2.72. The van der Waals surface area contributed by atoms with E-state index in [2.05, 4.69) is 15.3 Å². The Balaban J connectivity index is 2.20. The summed E-state index contributed by atoms with van der Waals surface area (Å²) in [6.45, 7) is 0.583. The minimum atomic E-state index is -0.00583. The van der Waals surface area contributed by atoms with E-state index in [0.717, 1.165) is 22.3 Å². The maximum atomic E-state index is 11.5. The number of hydrogen-bond donors (Lipinski definition) is 1. The first-order valence-electron chi connectivity index (χ1n) is 5.02. The van der Waals surface area contributed by atoms with Crippen molar-refractivity contribution in [2.24, 2.45) is 0 Å². The molecule has 1 amide bonds. The molecule has 0 saturated carbocycles. The molecule has 1 aromatic heterocycles. The van der Waals surface area contributed by atoms with Gasteiger partial charge in [-0.2, -0.15) is 0 Å². The SMILES string of the molecule is O=C1NCc2c1cccc2-c1cncnc1. The first kappa shape index (κ1) is 9.03. The van der Waals surface area contributed by atoms with Crippen LogP contribution in [0, 0.1) is 0 Å². The van der Waals surface area contributed by atoms with Crippen LogP contribution in [0.2, 0.25) is 0 Å². The third kappa shape index (κ3) is 1.27. The van der Waals surface area contributed by atoms with Gasteiger partial charge in [0.25, 0.3) is 5.91 Å². The summed E-state index contributed by atoms with van der Waals surface area (Å²) < 4.78 is 0.